The zero-order valence-electron chi connectivity index (χ0n) is 14.1. The topological polar surface area (TPSA) is 53.7 Å². The van der Waals surface area contributed by atoms with Crippen molar-refractivity contribution in [3.05, 3.63) is 53.1 Å². The fourth-order valence-electron chi connectivity index (χ4n) is 2.48. The molecule has 0 saturated heterocycles. The molecular formula is C19H23NO3. The summed E-state index contributed by atoms with van der Waals surface area (Å²) in [5.41, 5.74) is 9.94. The number of rotatable bonds is 6. The third kappa shape index (κ3) is 4.19. The van der Waals surface area contributed by atoms with Crippen LogP contribution in [0.2, 0.25) is 0 Å². The maximum atomic E-state index is 5.96. The average Bonchev–Trinajstić information content (AvgIpc) is 2.54. The van der Waals surface area contributed by atoms with Crippen molar-refractivity contribution in [1.29, 1.82) is 0 Å². The Morgan fingerprint density at radius 2 is 1.65 bits per heavy atom. The molecule has 2 N–H and O–H groups in total. The highest BCUT2D eigenvalue weighted by Gasteiger charge is 2.05. The van der Waals surface area contributed by atoms with E-state index in [1.807, 2.05) is 36.4 Å². The predicted molar refractivity (Wildman–Crippen MR) is 94.3 cm³/mol. The Hall–Kier alpha value is -2.62. The fourth-order valence-corrected chi connectivity index (χ4v) is 2.48. The van der Waals surface area contributed by atoms with Crippen LogP contribution in [0.1, 0.15) is 18.1 Å². The van der Waals surface area contributed by atoms with Crippen LogP contribution in [0.4, 0.5) is 5.69 Å². The second kappa shape index (κ2) is 7.58. The highest BCUT2D eigenvalue weighted by molar-refractivity contribution is 5.62. The van der Waals surface area contributed by atoms with E-state index < -0.39 is 0 Å². The number of hydrogen-bond acceptors (Lipinski definition) is 4. The zero-order chi connectivity index (χ0) is 16.8. The minimum atomic E-state index is 0.650. The van der Waals surface area contributed by atoms with Crippen molar-refractivity contribution in [3.63, 3.8) is 0 Å². The smallest absolute Gasteiger partial charge is 0.141 e. The lowest BCUT2D eigenvalue weighted by molar-refractivity contribution is 0.402. The van der Waals surface area contributed by atoms with Gasteiger partial charge in [-0.05, 0) is 49.2 Å². The maximum Gasteiger partial charge on any atom is 0.141 e. The van der Waals surface area contributed by atoms with E-state index in [9.17, 15) is 0 Å². The number of anilines is 1. The molecule has 2 aromatic rings. The molecule has 4 heteroatoms. The minimum absolute atomic E-state index is 0.650. The molecule has 0 bridgehead atoms. The molecule has 0 aliphatic carbocycles. The molecule has 2 rings (SSSR count). The van der Waals surface area contributed by atoms with Crippen LogP contribution in [-0.2, 0) is 6.42 Å². The van der Waals surface area contributed by atoms with Crippen LogP contribution in [-0.4, -0.2) is 21.3 Å². The van der Waals surface area contributed by atoms with Crippen LogP contribution in [0.15, 0.2) is 42.0 Å². The van der Waals surface area contributed by atoms with E-state index in [1.165, 1.54) is 5.57 Å². The lowest BCUT2D eigenvalue weighted by Gasteiger charge is -2.10. The summed E-state index contributed by atoms with van der Waals surface area (Å²) in [7, 11) is 4.94. The van der Waals surface area contributed by atoms with Gasteiger partial charge < -0.3 is 19.9 Å². The predicted octanol–water partition coefficient (Wildman–Crippen LogP) is 3.94. The SMILES string of the molecule is COc1ccc(OC)c(/C=C(\C)Cc2ccc(OC)c(N)c2)c1. The summed E-state index contributed by atoms with van der Waals surface area (Å²) in [5, 5.41) is 0. The van der Waals surface area contributed by atoms with E-state index in [1.54, 1.807) is 21.3 Å². The summed E-state index contributed by atoms with van der Waals surface area (Å²) in [4.78, 5) is 0. The molecule has 122 valence electrons. The molecule has 0 fully saturated rings. The summed E-state index contributed by atoms with van der Waals surface area (Å²) in [5.74, 6) is 2.32. The summed E-state index contributed by atoms with van der Waals surface area (Å²) in [6, 6.07) is 11.6. The van der Waals surface area contributed by atoms with Crippen molar-refractivity contribution >= 4 is 11.8 Å². The first-order valence-corrected chi connectivity index (χ1v) is 7.39. The van der Waals surface area contributed by atoms with Gasteiger partial charge in [0.05, 0.1) is 27.0 Å². The first kappa shape index (κ1) is 16.7. The summed E-state index contributed by atoms with van der Waals surface area (Å²) < 4.78 is 15.9. The second-order valence-corrected chi connectivity index (χ2v) is 5.35. The zero-order valence-corrected chi connectivity index (χ0v) is 14.1. The van der Waals surface area contributed by atoms with Gasteiger partial charge in [-0.25, -0.2) is 0 Å². The number of allylic oxidation sites excluding steroid dienone is 1. The van der Waals surface area contributed by atoms with E-state index in [2.05, 4.69) is 13.0 Å². The number of nitrogens with two attached hydrogens (primary N) is 1. The van der Waals surface area contributed by atoms with E-state index in [4.69, 9.17) is 19.9 Å². The van der Waals surface area contributed by atoms with Crippen molar-refractivity contribution in [2.24, 2.45) is 0 Å². The maximum absolute atomic E-state index is 5.96. The normalized spacial score (nSPS) is 11.2. The molecule has 0 atom stereocenters. The molecule has 0 heterocycles. The average molecular weight is 313 g/mol. The van der Waals surface area contributed by atoms with Gasteiger partial charge in [-0.2, -0.15) is 0 Å². The highest BCUT2D eigenvalue weighted by Crippen LogP contribution is 2.28. The van der Waals surface area contributed by atoms with Gasteiger partial charge in [-0.3, -0.25) is 0 Å². The van der Waals surface area contributed by atoms with Crippen LogP contribution < -0.4 is 19.9 Å². The summed E-state index contributed by atoms with van der Waals surface area (Å²) in [6.07, 6.45) is 2.90. The third-order valence-corrected chi connectivity index (χ3v) is 3.62. The molecule has 4 nitrogen and oxygen atoms in total. The van der Waals surface area contributed by atoms with Crippen LogP contribution in [0.5, 0.6) is 17.2 Å². The van der Waals surface area contributed by atoms with Crippen LogP contribution in [0.25, 0.3) is 6.08 Å². The fraction of sp³-hybridized carbons (Fsp3) is 0.263. The van der Waals surface area contributed by atoms with Gasteiger partial charge in [-0.1, -0.05) is 17.7 Å². The molecule has 0 radical (unpaired) electrons. The van der Waals surface area contributed by atoms with Gasteiger partial charge in [0, 0.05) is 5.56 Å². The first-order valence-electron chi connectivity index (χ1n) is 7.39. The lowest BCUT2D eigenvalue weighted by Crippen LogP contribution is -1.95. The Labute approximate surface area is 137 Å². The van der Waals surface area contributed by atoms with E-state index >= 15 is 0 Å². The number of methoxy groups -OCH3 is 3. The first-order chi connectivity index (χ1) is 11.1. The Kier molecular flexibility index (Phi) is 5.52. The Balaban J connectivity index is 2.24. The summed E-state index contributed by atoms with van der Waals surface area (Å²) in [6.45, 7) is 2.08. The number of benzene rings is 2. The molecule has 0 unspecified atom stereocenters. The highest BCUT2D eigenvalue weighted by atomic mass is 16.5. The quantitative estimate of drug-likeness (QED) is 0.821. The monoisotopic (exact) mass is 313 g/mol. The number of ether oxygens (including phenoxy) is 3. The number of nitrogen functional groups attached to an aromatic ring is 1. The molecular weight excluding hydrogens is 290 g/mol. The molecule has 23 heavy (non-hydrogen) atoms. The van der Waals surface area contributed by atoms with Gasteiger partial charge >= 0.3 is 0 Å². The van der Waals surface area contributed by atoms with E-state index in [-0.39, 0.29) is 0 Å². The van der Waals surface area contributed by atoms with Gasteiger partial charge in [0.2, 0.25) is 0 Å². The van der Waals surface area contributed by atoms with Crippen molar-refractivity contribution in [1.82, 2.24) is 0 Å². The largest absolute Gasteiger partial charge is 0.497 e. The Bertz CT molecular complexity index is 708. The van der Waals surface area contributed by atoms with Gasteiger partial charge in [0.15, 0.2) is 0 Å². The van der Waals surface area contributed by atoms with Crippen LogP contribution in [0.3, 0.4) is 0 Å². The molecule has 0 aliphatic rings. The van der Waals surface area contributed by atoms with Crippen molar-refractivity contribution < 1.29 is 14.2 Å². The van der Waals surface area contributed by atoms with Crippen molar-refractivity contribution in [3.8, 4) is 17.2 Å². The van der Waals surface area contributed by atoms with Gasteiger partial charge in [-0.15, -0.1) is 0 Å². The minimum Gasteiger partial charge on any atom is -0.497 e. The third-order valence-electron chi connectivity index (χ3n) is 3.62. The van der Waals surface area contributed by atoms with Crippen LogP contribution in [0, 0.1) is 0 Å². The molecule has 0 aromatic heterocycles. The molecule has 0 aliphatic heterocycles. The summed E-state index contributed by atoms with van der Waals surface area (Å²) >= 11 is 0. The van der Waals surface area contributed by atoms with E-state index in [0.717, 1.165) is 29.0 Å². The molecule has 0 saturated carbocycles. The Morgan fingerprint density at radius 3 is 2.26 bits per heavy atom. The second-order valence-electron chi connectivity index (χ2n) is 5.35. The molecule has 0 spiro atoms. The Morgan fingerprint density at radius 1 is 0.957 bits per heavy atom. The van der Waals surface area contributed by atoms with Crippen molar-refractivity contribution in [2.75, 3.05) is 27.1 Å². The molecule has 2 aromatic carbocycles. The molecule has 0 amide bonds. The van der Waals surface area contributed by atoms with Crippen LogP contribution >= 0.6 is 0 Å². The van der Waals surface area contributed by atoms with Gasteiger partial charge in [0.25, 0.3) is 0 Å². The lowest BCUT2D eigenvalue weighted by atomic mass is 10.0. The standard InChI is InChI=1S/C19H23NO3/c1-13(9-14-5-7-19(23-4)17(20)11-14)10-15-12-16(21-2)6-8-18(15)22-3/h5-8,10-12H,9,20H2,1-4H3/b13-10+. The van der Waals surface area contributed by atoms with Gasteiger partial charge in [0.1, 0.15) is 17.2 Å². The van der Waals surface area contributed by atoms with Crippen molar-refractivity contribution in [2.45, 2.75) is 13.3 Å². The van der Waals surface area contributed by atoms with E-state index in [0.29, 0.717) is 11.4 Å². The number of hydrogen-bond donors (Lipinski definition) is 1.